The first-order chi connectivity index (χ1) is 8.58. The molecule has 0 spiro atoms. The van der Waals surface area contributed by atoms with E-state index in [9.17, 15) is 0 Å². The van der Waals surface area contributed by atoms with Gasteiger partial charge in [-0.15, -0.1) is 0 Å². The molecule has 0 aliphatic carbocycles. The van der Waals surface area contributed by atoms with E-state index in [-0.39, 0.29) is 0 Å². The quantitative estimate of drug-likeness (QED) is 0.897. The molecular formula is C13H16ClN3O. The van der Waals surface area contributed by atoms with Gasteiger partial charge in [-0.1, -0.05) is 11.6 Å². The summed E-state index contributed by atoms with van der Waals surface area (Å²) >= 11 is 6.13. The van der Waals surface area contributed by atoms with Crippen LogP contribution in [0.2, 0.25) is 5.02 Å². The summed E-state index contributed by atoms with van der Waals surface area (Å²) in [4.78, 5) is 0. The van der Waals surface area contributed by atoms with Crippen molar-refractivity contribution in [3.8, 4) is 16.9 Å². The average Bonchev–Trinajstić information content (AvgIpc) is 2.69. The lowest BCUT2D eigenvalue weighted by Crippen LogP contribution is -2.00. The van der Waals surface area contributed by atoms with Crippen LogP contribution < -0.4 is 10.5 Å². The maximum Gasteiger partial charge on any atom is 0.129 e. The van der Waals surface area contributed by atoms with Gasteiger partial charge in [0.15, 0.2) is 0 Å². The fourth-order valence-electron chi connectivity index (χ4n) is 2.17. The molecule has 0 fully saturated rings. The van der Waals surface area contributed by atoms with Crippen LogP contribution in [0.5, 0.6) is 5.75 Å². The van der Waals surface area contributed by atoms with Gasteiger partial charge < -0.3 is 10.5 Å². The number of hydrogen-bond donors (Lipinski definition) is 2. The number of nitrogens with two attached hydrogens (primary N) is 1. The van der Waals surface area contributed by atoms with Crippen molar-refractivity contribution in [2.45, 2.75) is 20.4 Å². The molecule has 0 amide bonds. The molecule has 4 nitrogen and oxygen atoms in total. The van der Waals surface area contributed by atoms with Crippen LogP contribution in [-0.2, 0) is 6.54 Å². The van der Waals surface area contributed by atoms with Crippen LogP contribution in [0, 0.1) is 13.8 Å². The summed E-state index contributed by atoms with van der Waals surface area (Å²) in [5.41, 5.74) is 10.4. The molecule has 1 aromatic heterocycles. The summed E-state index contributed by atoms with van der Waals surface area (Å²) in [6.45, 7) is 4.29. The van der Waals surface area contributed by atoms with E-state index in [0.717, 1.165) is 33.8 Å². The van der Waals surface area contributed by atoms with E-state index in [0.29, 0.717) is 11.6 Å². The second kappa shape index (κ2) is 5.00. The zero-order valence-corrected chi connectivity index (χ0v) is 11.4. The van der Waals surface area contributed by atoms with E-state index in [1.807, 2.05) is 26.0 Å². The zero-order chi connectivity index (χ0) is 13.3. The standard InChI is InChI=1S/C13H16ClN3O/c1-7-4-9(14)5-10(13(7)18-3)12-8(2)16-17-11(12)6-15/h4-5H,6,15H2,1-3H3,(H,16,17). The maximum absolute atomic E-state index is 6.13. The number of halogens is 1. The van der Waals surface area contributed by atoms with Gasteiger partial charge in [0.25, 0.3) is 0 Å². The zero-order valence-electron chi connectivity index (χ0n) is 10.7. The van der Waals surface area contributed by atoms with Crippen molar-refractivity contribution in [1.82, 2.24) is 10.2 Å². The Kier molecular flexibility index (Phi) is 3.59. The number of aromatic amines is 1. The minimum Gasteiger partial charge on any atom is -0.496 e. The van der Waals surface area contributed by atoms with Gasteiger partial charge in [-0.2, -0.15) is 5.10 Å². The molecule has 0 bridgehead atoms. The van der Waals surface area contributed by atoms with Gasteiger partial charge in [0.05, 0.1) is 12.8 Å². The summed E-state index contributed by atoms with van der Waals surface area (Å²) in [5, 5.41) is 7.82. The summed E-state index contributed by atoms with van der Waals surface area (Å²) in [6.07, 6.45) is 0. The fourth-order valence-corrected chi connectivity index (χ4v) is 2.44. The van der Waals surface area contributed by atoms with Crippen molar-refractivity contribution in [3.63, 3.8) is 0 Å². The number of hydrogen-bond acceptors (Lipinski definition) is 3. The monoisotopic (exact) mass is 265 g/mol. The minimum atomic E-state index is 0.369. The molecule has 2 rings (SSSR count). The van der Waals surface area contributed by atoms with Gasteiger partial charge >= 0.3 is 0 Å². The molecule has 3 N–H and O–H groups in total. The molecule has 2 aromatic rings. The summed E-state index contributed by atoms with van der Waals surface area (Å²) in [7, 11) is 1.65. The van der Waals surface area contributed by atoms with E-state index in [2.05, 4.69) is 10.2 Å². The van der Waals surface area contributed by atoms with Gasteiger partial charge in [0.1, 0.15) is 5.75 Å². The molecule has 0 atom stereocenters. The number of benzene rings is 1. The first-order valence-electron chi connectivity index (χ1n) is 5.67. The molecule has 1 aromatic carbocycles. The number of ether oxygens (including phenoxy) is 1. The van der Waals surface area contributed by atoms with E-state index in [1.165, 1.54) is 0 Å². The Hall–Kier alpha value is -1.52. The van der Waals surface area contributed by atoms with Crippen LogP contribution in [-0.4, -0.2) is 17.3 Å². The molecule has 0 aliphatic rings. The maximum atomic E-state index is 6.13. The Morgan fingerprint density at radius 2 is 2.11 bits per heavy atom. The van der Waals surface area contributed by atoms with E-state index in [1.54, 1.807) is 7.11 Å². The summed E-state index contributed by atoms with van der Waals surface area (Å²) < 4.78 is 5.47. The highest BCUT2D eigenvalue weighted by atomic mass is 35.5. The lowest BCUT2D eigenvalue weighted by molar-refractivity contribution is 0.413. The van der Waals surface area contributed by atoms with Gasteiger partial charge in [-0.25, -0.2) is 0 Å². The van der Waals surface area contributed by atoms with Crippen molar-refractivity contribution in [1.29, 1.82) is 0 Å². The van der Waals surface area contributed by atoms with Gasteiger partial charge in [-0.3, -0.25) is 5.10 Å². The molecule has 0 saturated carbocycles. The van der Waals surface area contributed by atoms with Gasteiger partial charge in [-0.05, 0) is 31.5 Å². The Bertz CT molecular complexity index is 578. The third-order valence-corrected chi connectivity index (χ3v) is 3.15. The highest BCUT2D eigenvalue weighted by Gasteiger charge is 2.17. The summed E-state index contributed by atoms with van der Waals surface area (Å²) in [5.74, 6) is 0.804. The second-order valence-electron chi connectivity index (χ2n) is 4.18. The minimum absolute atomic E-state index is 0.369. The van der Waals surface area contributed by atoms with Crippen LogP contribution in [0.15, 0.2) is 12.1 Å². The number of methoxy groups -OCH3 is 1. The van der Waals surface area contributed by atoms with E-state index >= 15 is 0 Å². The lowest BCUT2D eigenvalue weighted by atomic mass is 10.00. The Morgan fingerprint density at radius 1 is 1.39 bits per heavy atom. The number of rotatable bonds is 3. The van der Waals surface area contributed by atoms with E-state index < -0.39 is 0 Å². The number of H-pyrrole nitrogens is 1. The van der Waals surface area contributed by atoms with E-state index in [4.69, 9.17) is 22.1 Å². The number of nitrogens with one attached hydrogen (secondary N) is 1. The first-order valence-corrected chi connectivity index (χ1v) is 6.04. The lowest BCUT2D eigenvalue weighted by Gasteiger charge is -2.13. The highest BCUT2D eigenvalue weighted by molar-refractivity contribution is 6.31. The predicted molar refractivity (Wildman–Crippen MR) is 73.0 cm³/mol. The predicted octanol–water partition coefficient (Wildman–Crippen LogP) is 2.81. The second-order valence-corrected chi connectivity index (χ2v) is 4.61. The normalized spacial score (nSPS) is 10.7. The average molecular weight is 266 g/mol. The third-order valence-electron chi connectivity index (χ3n) is 2.93. The smallest absolute Gasteiger partial charge is 0.129 e. The first kappa shape index (κ1) is 12.9. The van der Waals surface area contributed by atoms with Crippen LogP contribution in [0.4, 0.5) is 0 Å². The Labute approximate surface area is 111 Å². The molecule has 96 valence electrons. The third kappa shape index (κ3) is 2.09. The van der Waals surface area contributed by atoms with Crippen molar-refractivity contribution in [2.75, 3.05) is 7.11 Å². The molecule has 0 saturated heterocycles. The Balaban J connectivity index is 2.73. The van der Waals surface area contributed by atoms with Crippen LogP contribution >= 0.6 is 11.6 Å². The van der Waals surface area contributed by atoms with Crippen LogP contribution in [0.1, 0.15) is 17.0 Å². The van der Waals surface area contributed by atoms with Crippen molar-refractivity contribution in [2.24, 2.45) is 5.73 Å². The van der Waals surface area contributed by atoms with Gasteiger partial charge in [0, 0.05) is 28.4 Å². The summed E-state index contributed by atoms with van der Waals surface area (Å²) in [6, 6.07) is 3.76. The SMILES string of the molecule is COc1c(C)cc(Cl)cc1-c1c(CN)n[nH]c1C. The molecule has 5 heteroatoms. The largest absolute Gasteiger partial charge is 0.496 e. The van der Waals surface area contributed by atoms with Crippen LogP contribution in [0.25, 0.3) is 11.1 Å². The molecule has 18 heavy (non-hydrogen) atoms. The number of aryl methyl sites for hydroxylation is 2. The highest BCUT2D eigenvalue weighted by Crippen LogP contribution is 2.38. The Morgan fingerprint density at radius 3 is 2.72 bits per heavy atom. The van der Waals surface area contributed by atoms with Gasteiger partial charge in [0.2, 0.25) is 0 Å². The fraction of sp³-hybridized carbons (Fsp3) is 0.308. The van der Waals surface area contributed by atoms with Crippen LogP contribution in [0.3, 0.4) is 0 Å². The molecular weight excluding hydrogens is 250 g/mol. The topological polar surface area (TPSA) is 63.9 Å². The molecule has 0 radical (unpaired) electrons. The number of aromatic nitrogens is 2. The van der Waals surface area contributed by atoms with Crippen molar-refractivity contribution >= 4 is 11.6 Å². The molecule has 0 unspecified atom stereocenters. The van der Waals surface area contributed by atoms with Crippen molar-refractivity contribution < 1.29 is 4.74 Å². The van der Waals surface area contributed by atoms with Crippen molar-refractivity contribution in [3.05, 3.63) is 34.1 Å². The molecule has 1 heterocycles. The number of nitrogens with zero attached hydrogens (tertiary/aromatic N) is 1. The molecule has 0 aliphatic heterocycles.